The molecule has 1 aliphatic rings. The van der Waals surface area contributed by atoms with E-state index in [2.05, 4.69) is 15.3 Å². The number of imidazole rings is 1. The lowest BCUT2D eigenvalue weighted by Gasteiger charge is -2.30. The minimum atomic E-state index is -0.907. The van der Waals surface area contributed by atoms with Gasteiger partial charge in [-0.05, 0) is 42.3 Å². The number of fused-ring (bicyclic) bond motifs is 1. The Balaban J connectivity index is 1.55. The number of hydrogen-bond donors (Lipinski definition) is 3. The van der Waals surface area contributed by atoms with Crippen molar-refractivity contribution in [3.8, 4) is 16.5 Å². The molecule has 0 radical (unpaired) electrons. The zero-order chi connectivity index (χ0) is 20.4. The molecule has 9 heteroatoms. The summed E-state index contributed by atoms with van der Waals surface area (Å²) in [6.45, 7) is 1.43. The number of H-pyrrole nitrogens is 1. The first-order chi connectivity index (χ1) is 14.1. The Morgan fingerprint density at radius 3 is 3.00 bits per heavy atom. The van der Waals surface area contributed by atoms with Gasteiger partial charge in [-0.25, -0.2) is 9.78 Å². The van der Waals surface area contributed by atoms with E-state index in [1.54, 1.807) is 30.6 Å². The molecule has 8 nitrogen and oxygen atoms in total. The van der Waals surface area contributed by atoms with Crippen LogP contribution in [-0.4, -0.2) is 58.7 Å². The van der Waals surface area contributed by atoms with Crippen molar-refractivity contribution in [2.75, 3.05) is 26.7 Å². The van der Waals surface area contributed by atoms with Crippen molar-refractivity contribution in [1.82, 2.24) is 20.2 Å². The number of nitrogens with zero attached hydrogens (tertiary/aromatic N) is 2. The van der Waals surface area contributed by atoms with E-state index in [9.17, 15) is 14.7 Å². The van der Waals surface area contributed by atoms with Crippen molar-refractivity contribution >= 4 is 34.4 Å². The molecule has 1 fully saturated rings. The molecule has 0 bridgehead atoms. The van der Waals surface area contributed by atoms with Crippen LogP contribution in [0.25, 0.3) is 21.7 Å². The van der Waals surface area contributed by atoms with Gasteiger partial charge in [0.1, 0.15) is 22.6 Å². The topological polar surface area (TPSA) is 108 Å². The molecule has 2 aromatic heterocycles. The van der Waals surface area contributed by atoms with E-state index < -0.39 is 6.09 Å². The van der Waals surface area contributed by atoms with Gasteiger partial charge in [0.15, 0.2) is 0 Å². The molecule has 3 N–H and O–H groups in total. The quantitative estimate of drug-likeness (QED) is 0.593. The summed E-state index contributed by atoms with van der Waals surface area (Å²) in [4.78, 5) is 34.3. The first kappa shape index (κ1) is 19.3. The number of aromatic nitrogens is 2. The number of nitrogens with one attached hydrogen (secondary N) is 2. The molecular formula is C20H22N4O4S. The van der Waals surface area contributed by atoms with Crippen molar-refractivity contribution in [1.29, 1.82) is 0 Å². The van der Waals surface area contributed by atoms with Crippen LogP contribution in [0.5, 0.6) is 5.75 Å². The number of amides is 2. The second kappa shape index (κ2) is 8.12. The largest absolute Gasteiger partial charge is 0.494 e. The van der Waals surface area contributed by atoms with Gasteiger partial charge in [0.25, 0.3) is 5.91 Å². The number of ether oxygens (including phenoxy) is 1. The van der Waals surface area contributed by atoms with Crippen LogP contribution in [0.4, 0.5) is 4.79 Å². The number of carbonyl (C=O) groups is 2. The third kappa shape index (κ3) is 3.91. The van der Waals surface area contributed by atoms with E-state index in [1.807, 2.05) is 17.5 Å². The summed E-state index contributed by atoms with van der Waals surface area (Å²) >= 11 is 1.56. The summed E-state index contributed by atoms with van der Waals surface area (Å²) in [5.74, 6) is 1.20. The van der Waals surface area contributed by atoms with Crippen LogP contribution in [-0.2, 0) is 0 Å². The molecule has 152 valence electrons. The first-order valence-electron chi connectivity index (χ1n) is 9.43. The molecule has 1 atom stereocenters. The molecule has 29 heavy (non-hydrogen) atoms. The van der Waals surface area contributed by atoms with Gasteiger partial charge in [-0.1, -0.05) is 6.07 Å². The lowest BCUT2D eigenvalue weighted by atomic mass is 9.98. The molecule has 2 amide bonds. The van der Waals surface area contributed by atoms with E-state index in [-0.39, 0.29) is 11.8 Å². The first-order valence-corrected chi connectivity index (χ1v) is 10.3. The summed E-state index contributed by atoms with van der Waals surface area (Å²) < 4.78 is 5.42. The number of likely N-dealkylation sites (tertiary alicyclic amines) is 1. The van der Waals surface area contributed by atoms with E-state index in [0.29, 0.717) is 47.8 Å². The second-order valence-electron chi connectivity index (χ2n) is 7.05. The normalized spacial score (nSPS) is 16.7. The molecule has 3 aromatic rings. The summed E-state index contributed by atoms with van der Waals surface area (Å²) in [6, 6.07) is 7.37. The minimum absolute atomic E-state index is 0.110. The molecule has 0 saturated carbocycles. The molecule has 0 spiro atoms. The van der Waals surface area contributed by atoms with Gasteiger partial charge in [0, 0.05) is 19.6 Å². The van der Waals surface area contributed by atoms with Crippen LogP contribution in [0.1, 0.15) is 23.2 Å². The molecule has 1 aliphatic heterocycles. The summed E-state index contributed by atoms with van der Waals surface area (Å²) in [5.41, 5.74) is 1.70. The van der Waals surface area contributed by atoms with Crippen LogP contribution in [0, 0.1) is 5.92 Å². The fraction of sp³-hybridized carbons (Fsp3) is 0.350. The highest BCUT2D eigenvalue weighted by molar-refractivity contribution is 7.13. The summed E-state index contributed by atoms with van der Waals surface area (Å²) in [5, 5.41) is 14.1. The van der Waals surface area contributed by atoms with E-state index >= 15 is 0 Å². The maximum atomic E-state index is 12.9. The number of carbonyl (C=O) groups excluding carboxylic acids is 1. The van der Waals surface area contributed by atoms with Gasteiger partial charge in [-0.15, -0.1) is 11.3 Å². The SMILES string of the molecule is COc1ccc(C(=O)NCC2CCCN(C(=O)O)C2)c2nc(-c3cccs3)[nH]c12. The van der Waals surface area contributed by atoms with E-state index in [1.165, 1.54) is 4.90 Å². The van der Waals surface area contributed by atoms with Gasteiger partial charge in [0.2, 0.25) is 0 Å². The van der Waals surface area contributed by atoms with Gasteiger partial charge in [-0.3, -0.25) is 4.79 Å². The molecule has 3 heterocycles. The fourth-order valence-electron chi connectivity index (χ4n) is 3.69. The average molecular weight is 414 g/mol. The predicted molar refractivity (Wildman–Crippen MR) is 111 cm³/mol. The van der Waals surface area contributed by atoms with Crippen molar-refractivity contribution in [2.24, 2.45) is 5.92 Å². The third-order valence-electron chi connectivity index (χ3n) is 5.17. The van der Waals surface area contributed by atoms with Crippen LogP contribution in [0.3, 0.4) is 0 Å². The minimum Gasteiger partial charge on any atom is -0.494 e. The van der Waals surface area contributed by atoms with Crippen molar-refractivity contribution < 1.29 is 19.4 Å². The molecule has 1 saturated heterocycles. The zero-order valence-electron chi connectivity index (χ0n) is 16.0. The van der Waals surface area contributed by atoms with Gasteiger partial charge < -0.3 is 25.0 Å². The predicted octanol–water partition coefficient (Wildman–Crippen LogP) is 3.42. The standard InChI is InChI=1S/C20H22N4O4S/c1-28-14-7-6-13(16-17(14)23-18(22-16)15-5-3-9-29-15)19(25)21-10-12-4-2-8-24(11-12)20(26)27/h3,5-7,9,12H,2,4,8,10-11H2,1H3,(H,21,25)(H,22,23)(H,26,27). The Hall–Kier alpha value is -3.07. The number of carboxylic acid groups (broad SMARTS) is 1. The smallest absolute Gasteiger partial charge is 0.407 e. The van der Waals surface area contributed by atoms with Gasteiger partial charge >= 0.3 is 6.09 Å². The fourth-order valence-corrected chi connectivity index (χ4v) is 4.36. The molecular weight excluding hydrogens is 392 g/mol. The highest BCUT2D eigenvalue weighted by atomic mass is 32.1. The van der Waals surface area contributed by atoms with Gasteiger partial charge in [-0.2, -0.15) is 0 Å². The number of rotatable bonds is 5. The molecule has 4 rings (SSSR count). The summed E-state index contributed by atoms with van der Waals surface area (Å²) in [7, 11) is 1.58. The van der Waals surface area contributed by atoms with Crippen molar-refractivity contribution in [2.45, 2.75) is 12.8 Å². The number of aromatic amines is 1. The highest BCUT2D eigenvalue weighted by Crippen LogP contribution is 2.31. The van der Waals surface area contributed by atoms with Crippen LogP contribution in [0.2, 0.25) is 0 Å². The zero-order valence-corrected chi connectivity index (χ0v) is 16.8. The Morgan fingerprint density at radius 2 is 2.28 bits per heavy atom. The number of thiophene rings is 1. The van der Waals surface area contributed by atoms with Crippen molar-refractivity contribution in [3.05, 3.63) is 35.2 Å². The second-order valence-corrected chi connectivity index (χ2v) is 8.00. The van der Waals surface area contributed by atoms with Crippen LogP contribution in [0.15, 0.2) is 29.6 Å². The lowest BCUT2D eigenvalue weighted by Crippen LogP contribution is -2.43. The van der Waals surface area contributed by atoms with Crippen molar-refractivity contribution in [3.63, 3.8) is 0 Å². The van der Waals surface area contributed by atoms with Crippen LogP contribution < -0.4 is 10.1 Å². The maximum Gasteiger partial charge on any atom is 0.407 e. The molecule has 0 aliphatic carbocycles. The number of methoxy groups -OCH3 is 1. The Morgan fingerprint density at radius 1 is 1.41 bits per heavy atom. The van der Waals surface area contributed by atoms with E-state index in [0.717, 1.165) is 17.7 Å². The maximum absolute atomic E-state index is 12.9. The Kier molecular flexibility index (Phi) is 5.39. The highest BCUT2D eigenvalue weighted by Gasteiger charge is 2.24. The number of hydrogen-bond acceptors (Lipinski definition) is 5. The van der Waals surface area contributed by atoms with E-state index in [4.69, 9.17) is 4.74 Å². The summed E-state index contributed by atoms with van der Waals surface area (Å²) in [6.07, 6.45) is 0.798. The Bertz CT molecular complexity index is 1030. The Labute approximate surface area is 171 Å². The molecule has 1 unspecified atom stereocenters. The lowest BCUT2D eigenvalue weighted by molar-refractivity contribution is 0.0930. The third-order valence-corrected chi connectivity index (χ3v) is 6.04. The van der Waals surface area contributed by atoms with Crippen LogP contribution >= 0.6 is 11.3 Å². The monoisotopic (exact) mass is 414 g/mol. The molecule has 1 aromatic carbocycles. The number of piperidine rings is 1. The number of benzene rings is 1. The van der Waals surface area contributed by atoms with Gasteiger partial charge in [0.05, 0.1) is 17.6 Å². The average Bonchev–Trinajstić information content (AvgIpc) is 3.41.